The number of ether oxygens (including phenoxy) is 1. The van der Waals surface area contributed by atoms with Gasteiger partial charge in [-0.25, -0.2) is 22.2 Å². The van der Waals surface area contributed by atoms with E-state index in [4.69, 9.17) is 4.74 Å². The minimum Gasteiger partial charge on any atom is -0.462 e. The topological polar surface area (TPSA) is 78.3 Å². The second-order valence-corrected chi connectivity index (χ2v) is 9.54. The SMILES string of the molecule is CCOC(=O)c1ccc(-c2cn(S(=O)(=O)c3ccc(C)cc3)c(-c3ccc(C)cc3)n2)cc1. The summed E-state index contributed by atoms with van der Waals surface area (Å²) in [4.78, 5) is 16.8. The van der Waals surface area contributed by atoms with Gasteiger partial charge in [0.15, 0.2) is 5.82 Å². The van der Waals surface area contributed by atoms with Crippen LogP contribution < -0.4 is 0 Å². The molecule has 0 saturated heterocycles. The van der Waals surface area contributed by atoms with E-state index in [-0.39, 0.29) is 4.90 Å². The zero-order chi connectivity index (χ0) is 23.6. The molecule has 0 N–H and O–H groups in total. The van der Waals surface area contributed by atoms with Crippen molar-refractivity contribution in [2.75, 3.05) is 6.61 Å². The number of aryl methyl sites for hydroxylation is 2. The molecule has 0 radical (unpaired) electrons. The lowest BCUT2D eigenvalue weighted by Gasteiger charge is -2.10. The first kappa shape index (κ1) is 22.5. The Labute approximate surface area is 193 Å². The fourth-order valence-electron chi connectivity index (χ4n) is 3.40. The number of rotatable bonds is 6. The maximum Gasteiger partial charge on any atom is 0.338 e. The Morgan fingerprint density at radius 1 is 0.848 bits per heavy atom. The van der Waals surface area contributed by atoms with Crippen molar-refractivity contribution in [3.05, 3.63) is 95.7 Å². The maximum absolute atomic E-state index is 13.5. The van der Waals surface area contributed by atoms with Crippen molar-refractivity contribution >= 4 is 16.0 Å². The Hall–Kier alpha value is -3.71. The number of hydrogen-bond acceptors (Lipinski definition) is 5. The summed E-state index contributed by atoms with van der Waals surface area (Å²) in [6.07, 6.45) is 1.52. The van der Waals surface area contributed by atoms with Crippen molar-refractivity contribution in [2.45, 2.75) is 25.7 Å². The molecule has 0 atom stereocenters. The highest BCUT2D eigenvalue weighted by Gasteiger charge is 2.23. The highest BCUT2D eigenvalue weighted by molar-refractivity contribution is 7.90. The normalized spacial score (nSPS) is 11.4. The van der Waals surface area contributed by atoms with Crippen LogP contribution in [-0.4, -0.2) is 30.0 Å². The van der Waals surface area contributed by atoms with Gasteiger partial charge in [-0.2, -0.15) is 0 Å². The zero-order valence-corrected chi connectivity index (χ0v) is 19.5. The Bertz CT molecular complexity index is 1390. The average Bonchev–Trinajstić information content (AvgIpc) is 3.26. The molecular weight excluding hydrogens is 436 g/mol. The predicted molar refractivity (Wildman–Crippen MR) is 128 cm³/mol. The van der Waals surface area contributed by atoms with Gasteiger partial charge in [-0.15, -0.1) is 0 Å². The highest BCUT2D eigenvalue weighted by atomic mass is 32.2. The van der Waals surface area contributed by atoms with Crippen LogP contribution in [0.2, 0.25) is 0 Å². The number of carbonyl (C=O) groups is 1. The molecule has 6 nitrogen and oxygen atoms in total. The van der Waals surface area contributed by atoms with E-state index in [2.05, 4.69) is 4.98 Å². The van der Waals surface area contributed by atoms with Crippen LogP contribution in [0.3, 0.4) is 0 Å². The summed E-state index contributed by atoms with van der Waals surface area (Å²) in [6, 6.07) is 21.0. The summed E-state index contributed by atoms with van der Waals surface area (Å²) < 4.78 is 33.3. The maximum atomic E-state index is 13.5. The molecule has 0 saturated carbocycles. The third-order valence-corrected chi connectivity index (χ3v) is 6.92. The van der Waals surface area contributed by atoms with Gasteiger partial charge in [-0.05, 0) is 45.0 Å². The number of imidazole rings is 1. The van der Waals surface area contributed by atoms with Crippen molar-refractivity contribution in [3.63, 3.8) is 0 Å². The number of benzene rings is 3. The van der Waals surface area contributed by atoms with Crippen LogP contribution >= 0.6 is 0 Å². The van der Waals surface area contributed by atoms with Gasteiger partial charge in [-0.3, -0.25) is 0 Å². The predicted octanol–water partition coefficient (Wildman–Crippen LogP) is 5.25. The number of nitrogens with zero attached hydrogens (tertiary/aromatic N) is 2. The van der Waals surface area contributed by atoms with Crippen LogP contribution in [-0.2, 0) is 14.8 Å². The van der Waals surface area contributed by atoms with Gasteiger partial charge in [0.05, 0.1) is 22.8 Å². The van der Waals surface area contributed by atoms with Gasteiger partial charge < -0.3 is 4.74 Å². The van der Waals surface area contributed by atoms with Gasteiger partial charge in [0.2, 0.25) is 0 Å². The third-order valence-electron chi connectivity index (χ3n) is 5.25. The van der Waals surface area contributed by atoms with E-state index in [0.717, 1.165) is 11.1 Å². The van der Waals surface area contributed by atoms with Crippen molar-refractivity contribution in [3.8, 4) is 22.6 Å². The van der Waals surface area contributed by atoms with E-state index in [9.17, 15) is 13.2 Å². The molecule has 3 aromatic carbocycles. The van der Waals surface area contributed by atoms with Crippen molar-refractivity contribution in [2.24, 2.45) is 0 Å². The first-order chi connectivity index (χ1) is 15.8. The smallest absolute Gasteiger partial charge is 0.338 e. The molecule has 0 amide bonds. The van der Waals surface area contributed by atoms with Crippen molar-refractivity contribution < 1.29 is 17.9 Å². The molecule has 168 valence electrons. The van der Waals surface area contributed by atoms with Crippen molar-refractivity contribution in [1.29, 1.82) is 0 Å². The molecule has 1 aromatic heterocycles. The lowest BCUT2D eigenvalue weighted by atomic mass is 10.1. The second kappa shape index (κ2) is 9.03. The summed E-state index contributed by atoms with van der Waals surface area (Å²) in [6.45, 7) is 5.92. The molecule has 0 spiro atoms. The van der Waals surface area contributed by atoms with E-state index in [0.29, 0.717) is 34.8 Å². The highest BCUT2D eigenvalue weighted by Crippen LogP contribution is 2.29. The first-order valence-corrected chi connectivity index (χ1v) is 12.0. The van der Waals surface area contributed by atoms with Gasteiger partial charge in [0.1, 0.15) is 0 Å². The molecule has 0 unspecified atom stereocenters. The molecule has 7 heteroatoms. The lowest BCUT2D eigenvalue weighted by Crippen LogP contribution is -2.13. The molecule has 0 aliphatic carbocycles. The van der Waals surface area contributed by atoms with Crippen LogP contribution in [0.1, 0.15) is 28.4 Å². The standard InChI is InChI=1S/C26H24N2O4S/c1-4-32-26(29)22-13-11-20(12-14-22)24-17-28(25(27-24)21-9-5-18(2)6-10-21)33(30,31)23-15-7-19(3)8-16-23/h5-17H,4H2,1-3H3. The average molecular weight is 461 g/mol. The Morgan fingerprint density at radius 2 is 1.39 bits per heavy atom. The van der Waals surface area contributed by atoms with E-state index < -0.39 is 16.0 Å². The van der Waals surface area contributed by atoms with Crippen LogP contribution in [0.4, 0.5) is 0 Å². The van der Waals surface area contributed by atoms with Crippen LogP contribution in [0, 0.1) is 13.8 Å². The largest absolute Gasteiger partial charge is 0.462 e. The van der Waals surface area contributed by atoms with E-state index in [1.165, 1.54) is 10.2 Å². The number of carbonyl (C=O) groups excluding carboxylic acids is 1. The number of aromatic nitrogens is 2. The Kier molecular flexibility index (Phi) is 6.16. The molecule has 4 rings (SSSR count). The fraction of sp³-hybridized carbons (Fsp3) is 0.154. The summed E-state index contributed by atoms with van der Waals surface area (Å²) in [5, 5.41) is 0. The summed E-state index contributed by atoms with van der Waals surface area (Å²) >= 11 is 0. The summed E-state index contributed by atoms with van der Waals surface area (Å²) in [5.74, 6) is -0.0862. The molecule has 4 aromatic rings. The van der Waals surface area contributed by atoms with E-state index >= 15 is 0 Å². The molecule has 1 heterocycles. The number of hydrogen-bond donors (Lipinski definition) is 0. The molecule has 33 heavy (non-hydrogen) atoms. The minimum atomic E-state index is -3.88. The van der Waals surface area contributed by atoms with Gasteiger partial charge in [0.25, 0.3) is 10.0 Å². The van der Waals surface area contributed by atoms with Crippen molar-refractivity contribution in [1.82, 2.24) is 8.96 Å². The third kappa shape index (κ3) is 4.59. The summed E-state index contributed by atoms with van der Waals surface area (Å²) in [7, 11) is -3.88. The van der Waals surface area contributed by atoms with E-state index in [1.807, 2.05) is 38.1 Å². The minimum absolute atomic E-state index is 0.183. The van der Waals surface area contributed by atoms with Crippen LogP contribution in [0.25, 0.3) is 22.6 Å². The molecule has 0 bridgehead atoms. The monoisotopic (exact) mass is 460 g/mol. The first-order valence-electron chi connectivity index (χ1n) is 10.6. The molecule has 0 aliphatic rings. The molecule has 0 aliphatic heterocycles. The fourth-order valence-corrected chi connectivity index (χ4v) is 4.72. The quantitative estimate of drug-likeness (QED) is 0.367. The van der Waals surface area contributed by atoms with Crippen LogP contribution in [0.5, 0.6) is 0 Å². The zero-order valence-electron chi connectivity index (χ0n) is 18.6. The van der Waals surface area contributed by atoms with Gasteiger partial charge in [0, 0.05) is 17.3 Å². The Balaban J connectivity index is 1.83. The van der Waals surface area contributed by atoms with Gasteiger partial charge in [-0.1, -0.05) is 59.7 Å². The lowest BCUT2D eigenvalue weighted by molar-refractivity contribution is 0.0526. The Morgan fingerprint density at radius 3 is 1.97 bits per heavy atom. The van der Waals surface area contributed by atoms with Crippen LogP contribution in [0.15, 0.2) is 83.9 Å². The second-order valence-electron chi connectivity index (χ2n) is 7.73. The van der Waals surface area contributed by atoms with Gasteiger partial charge >= 0.3 is 5.97 Å². The van der Waals surface area contributed by atoms with E-state index in [1.54, 1.807) is 55.5 Å². The number of esters is 1. The molecular formula is C26H24N2O4S. The molecule has 0 fully saturated rings. The summed E-state index contributed by atoms with van der Waals surface area (Å²) in [5.41, 5.74) is 4.32.